The number of rotatable bonds is 5. The van der Waals surface area contributed by atoms with Crippen molar-refractivity contribution in [2.75, 3.05) is 13.2 Å². The summed E-state index contributed by atoms with van der Waals surface area (Å²) >= 11 is 5.58. The molecule has 104 valence electrons. The predicted octanol–water partition coefficient (Wildman–Crippen LogP) is 1.61. The van der Waals surface area contributed by atoms with Crippen LogP contribution in [0, 0.1) is 10.1 Å². The average Bonchev–Trinajstić information content (AvgIpc) is 2.35. The number of aliphatic hydroxyl groups is 1. The number of aliphatic hydroxyl groups excluding tert-OH is 1. The van der Waals surface area contributed by atoms with E-state index in [4.69, 9.17) is 16.7 Å². The number of halogens is 3. The molecule has 0 bridgehead atoms. The molecule has 0 fully saturated rings. The number of amides is 1. The van der Waals surface area contributed by atoms with E-state index in [9.17, 15) is 23.7 Å². The minimum Gasteiger partial charge on any atom is -0.390 e. The Hall–Kier alpha value is -1.80. The monoisotopic (exact) mass is 294 g/mol. The normalized spacial score (nSPS) is 11.2. The molecule has 19 heavy (non-hydrogen) atoms. The van der Waals surface area contributed by atoms with E-state index in [0.717, 1.165) is 18.2 Å². The van der Waals surface area contributed by atoms with Crippen LogP contribution < -0.4 is 5.32 Å². The minimum atomic E-state index is -3.43. The molecule has 0 aromatic heterocycles. The number of nitro benzene ring substituents is 1. The number of hydrogen-bond acceptors (Lipinski definition) is 4. The van der Waals surface area contributed by atoms with Gasteiger partial charge in [0.05, 0.1) is 11.5 Å². The highest BCUT2D eigenvalue weighted by molar-refractivity contribution is 6.33. The zero-order chi connectivity index (χ0) is 14.6. The number of nitrogens with zero attached hydrogens (tertiary/aromatic N) is 1. The van der Waals surface area contributed by atoms with E-state index in [-0.39, 0.29) is 16.3 Å². The number of hydrogen-bond donors (Lipinski definition) is 2. The first kappa shape index (κ1) is 15.3. The summed E-state index contributed by atoms with van der Waals surface area (Å²) in [7, 11) is 0. The second-order valence-corrected chi connectivity index (χ2v) is 4.03. The van der Waals surface area contributed by atoms with Crippen molar-refractivity contribution in [3.05, 3.63) is 38.9 Å². The van der Waals surface area contributed by atoms with Gasteiger partial charge in [-0.05, 0) is 12.1 Å². The van der Waals surface area contributed by atoms with Crippen molar-refractivity contribution in [3.8, 4) is 0 Å². The van der Waals surface area contributed by atoms with Gasteiger partial charge in [-0.3, -0.25) is 14.9 Å². The van der Waals surface area contributed by atoms with Gasteiger partial charge in [-0.2, -0.15) is 0 Å². The third kappa shape index (κ3) is 4.11. The van der Waals surface area contributed by atoms with Gasteiger partial charge in [0, 0.05) is 11.6 Å². The lowest BCUT2D eigenvalue weighted by Crippen LogP contribution is -2.38. The molecule has 2 N–H and O–H groups in total. The Morgan fingerprint density at radius 3 is 2.63 bits per heavy atom. The Labute approximate surface area is 111 Å². The summed E-state index contributed by atoms with van der Waals surface area (Å²) in [4.78, 5) is 21.2. The third-order valence-corrected chi connectivity index (χ3v) is 2.45. The molecule has 0 radical (unpaired) electrons. The van der Waals surface area contributed by atoms with E-state index in [1.807, 2.05) is 5.32 Å². The van der Waals surface area contributed by atoms with Crippen LogP contribution in [0.3, 0.4) is 0 Å². The summed E-state index contributed by atoms with van der Waals surface area (Å²) in [6.07, 6.45) is 0. The van der Waals surface area contributed by atoms with Crippen LogP contribution in [0.4, 0.5) is 14.5 Å². The lowest BCUT2D eigenvalue weighted by molar-refractivity contribution is -0.384. The van der Waals surface area contributed by atoms with Crippen LogP contribution in [-0.4, -0.2) is 35.0 Å². The SMILES string of the molecule is O=C(NCC(F)(F)CO)c1ccc([N+](=O)[O-])c(Cl)c1. The van der Waals surface area contributed by atoms with Crippen LogP contribution in [-0.2, 0) is 0 Å². The molecule has 9 heteroatoms. The molecular weight excluding hydrogens is 286 g/mol. The Balaban J connectivity index is 2.79. The van der Waals surface area contributed by atoms with Crippen molar-refractivity contribution in [1.82, 2.24) is 5.32 Å². The smallest absolute Gasteiger partial charge is 0.287 e. The number of alkyl halides is 2. The fourth-order valence-electron chi connectivity index (χ4n) is 1.16. The average molecular weight is 295 g/mol. The van der Waals surface area contributed by atoms with E-state index in [2.05, 4.69) is 0 Å². The molecule has 0 aliphatic rings. The second-order valence-electron chi connectivity index (χ2n) is 3.62. The van der Waals surface area contributed by atoms with Gasteiger partial charge in [0.2, 0.25) is 0 Å². The molecule has 0 saturated heterocycles. The van der Waals surface area contributed by atoms with Crippen molar-refractivity contribution in [2.24, 2.45) is 0 Å². The third-order valence-electron chi connectivity index (χ3n) is 2.15. The molecule has 1 aromatic carbocycles. The highest BCUT2D eigenvalue weighted by Crippen LogP contribution is 2.25. The molecule has 0 atom stereocenters. The largest absolute Gasteiger partial charge is 0.390 e. The molecule has 1 amide bonds. The highest BCUT2D eigenvalue weighted by Gasteiger charge is 2.28. The van der Waals surface area contributed by atoms with Crippen molar-refractivity contribution in [2.45, 2.75) is 5.92 Å². The molecule has 1 aromatic rings. The van der Waals surface area contributed by atoms with Gasteiger partial charge < -0.3 is 10.4 Å². The van der Waals surface area contributed by atoms with Gasteiger partial charge in [-0.25, -0.2) is 8.78 Å². The number of carbonyl (C=O) groups is 1. The van der Waals surface area contributed by atoms with E-state index in [1.54, 1.807) is 0 Å². The van der Waals surface area contributed by atoms with E-state index >= 15 is 0 Å². The molecule has 0 aliphatic heterocycles. The van der Waals surface area contributed by atoms with E-state index in [1.165, 1.54) is 0 Å². The van der Waals surface area contributed by atoms with Gasteiger partial charge in [-0.1, -0.05) is 11.6 Å². The maximum absolute atomic E-state index is 12.7. The van der Waals surface area contributed by atoms with Gasteiger partial charge in [0.15, 0.2) is 0 Å². The fourth-order valence-corrected chi connectivity index (χ4v) is 1.41. The molecule has 0 aliphatic carbocycles. The van der Waals surface area contributed by atoms with Crippen LogP contribution in [0.2, 0.25) is 5.02 Å². The molecular formula is C10H9ClF2N2O4. The number of benzene rings is 1. The van der Waals surface area contributed by atoms with Crippen LogP contribution in [0.15, 0.2) is 18.2 Å². The van der Waals surface area contributed by atoms with Gasteiger partial charge >= 0.3 is 0 Å². The molecule has 0 saturated carbocycles. The molecule has 1 rings (SSSR count). The number of carbonyl (C=O) groups excluding carboxylic acids is 1. The van der Waals surface area contributed by atoms with Crippen molar-refractivity contribution >= 4 is 23.2 Å². The Morgan fingerprint density at radius 2 is 2.16 bits per heavy atom. The summed E-state index contributed by atoms with van der Waals surface area (Å²) < 4.78 is 25.4. The lowest BCUT2D eigenvalue weighted by Gasteiger charge is -2.13. The van der Waals surface area contributed by atoms with E-state index in [0.29, 0.717) is 0 Å². The van der Waals surface area contributed by atoms with Crippen LogP contribution in [0.5, 0.6) is 0 Å². The Kier molecular flexibility index (Phi) is 4.73. The predicted molar refractivity (Wildman–Crippen MR) is 62.5 cm³/mol. The summed E-state index contributed by atoms with van der Waals surface area (Å²) in [6, 6.07) is 3.10. The zero-order valence-corrected chi connectivity index (χ0v) is 10.2. The van der Waals surface area contributed by atoms with Crippen LogP contribution in [0.1, 0.15) is 10.4 Å². The summed E-state index contributed by atoms with van der Waals surface area (Å²) in [6.45, 7) is -2.44. The maximum atomic E-state index is 12.7. The second kappa shape index (κ2) is 5.89. The first-order valence-electron chi connectivity index (χ1n) is 4.97. The van der Waals surface area contributed by atoms with Crippen molar-refractivity contribution in [1.29, 1.82) is 0 Å². The molecule has 0 spiro atoms. The number of nitrogens with one attached hydrogen (secondary N) is 1. The molecule has 0 heterocycles. The quantitative estimate of drug-likeness (QED) is 0.637. The standard InChI is InChI=1S/C10H9ClF2N2O4/c11-7-3-6(1-2-8(7)15(18)19)9(17)14-4-10(12,13)5-16/h1-3,16H,4-5H2,(H,14,17). The molecule has 0 unspecified atom stereocenters. The van der Waals surface area contributed by atoms with E-state index < -0.39 is 29.9 Å². The number of nitro groups is 1. The van der Waals surface area contributed by atoms with Crippen LogP contribution in [0.25, 0.3) is 0 Å². The highest BCUT2D eigenvalue weighted by atomic mass is 35.5. The molecule has 6 nitrogen and oxygen atoms in total. The van der Waals surface area contributed by atoms with Crippen molar-refractivity contribution in [3.63, 3.8) is 0 Å². The first-order valence-corrected chi connectivity index (χ1v) is 5.35. The Bertz CT molecular complexity index is 510. The zero-order valence-electron chi connectivity index (χ0n) is 9.40. The Morgan fingerprint density at radius 1 is 1.53 bits per heavy atom. The minimum absolute atomic E-state index is 0.0932. The lowest BCUT2D eigenvalue weighted by atomic mass is 10.2. The topological polar surface area (TPSA) is 92.5 Å². The van der Waals surface area contributed by atoms with Crippen molar-refractivity contribution < 1.29 is 23.6 Å². The summed E-state index contributed by atoms with van der Waals surface area (Å²) in [5.41, 5.74) is -0.483. The van der Waals surface area contributed by atoms with Gasteiger partial charge in [0.25, 0.3) is 17.5 Å². The van der Waals surface area contributed by atoms with Gasteiger partial charge in [0.1, 0.15) is 11.6 Å². The van der Waals surface area contributed by atoms with Gasteiger partial charge in [-0.15, -0.1) is 0 Å². The summed E-state index contributed by atoms with van der Waals surface area (Å²) in [5, 5.41) is 20.4. The summed E-state index contributed by atoms with van der Waals surface area (Å²) in [5.74, 6) is -4.30. The first-order chi connectivity index (χ1) is 8.76. The fraction of sp³-hybridized carbons (Fsp3) is 0.300. The van der Waals surface area contributed by atoms with Crippen LogP contribution >= 0.6 is 11.6 Å². The maximum Gasteiger partial charge on any atom is 0.287 e.